The van der Waals surface area contributed by atoms with E-state index >= 15 is 4.39 Å². The molecule has 37 heavy (non-hydrogen) atoms. The van der Waals surface area contributed by atoms with Gasteiger partial charge in [-0.15, -0.1) is 0 Å². The molecule has 1 aromatic heterocycles. The number of hydrogen-bond donors (Lipinski definition) is 1. The molecule has 2 atom stereocenters. The summed E-state index contributed by atoms with van der Waals surface area (Å²) in [6, 6.07) is 8.18. The van der Waals surface area contributed by atoms with Gasteiger partial charge >= 0.3 is 6.09 Å². The van der Waals surface area contributed by atoms with Crippen LogP contribution in [0.25, 0.3) is 0 Å². The number of ether oxygens (including phenoxy) is 3. The molecule has 2 heterocycles. The lowest BCUT2D eigenvalue weighted by atomic mass is 9.88. The van der Waals surface area contributed by atoms with E-state index in [1.165, 1.54) is 6.07 Å². The minimum atomic E-state index is -0.614. The summed E-state index contributed by atoms with van der Waals surface area (Å²) >= 11 is 0. The number of aromatic nitrogens is 1. The third kappa shape index (κ3) is 5.98. The van der Waals surface area contributed by atoms with Gasteiger partial charge in [-0.2, -0.15) is 5.26 Å². The number of halogens is 1. The first kappa shape index (κ1) is 26.3. The second-order valence-corrected chi connectivity index (χ2v) is 10.4. The van der Waals surface area contributed by atoms with Gasteiger partial charge in [0.25, 0.3) is 0 Å². The lowest BCUT2D eigenvalue weighted by Gasteiger charge is -2.43. The minimum Gasteiger partial charge on any atom is -0.486 e. The molecule has 0 radical (unpaired) electrons. The Morgan fingerprint density at radius 1 is 1.14 bits per heavy atom. The number of benzene rings is 1. The molecule has 1 fully saturated rings. The van der Waals surface area contributed by atoms with Crippen LogP contribution in [0.5, 0.6) is 11.5 Å². The monoisotopic (exact) mass is 511 g/mol. The molecule has 0 saturated heterocycles. The Bertz CT molecular complexity index is 1190. The summed E-state index contributed by atoms with van der Waals surface area (Å²) in [5.74, 6) is 0.964. The van der Waals surface area contributed by atoms with Gasteiger partial charge in [0, 0.05) is 25.8 Å². The Morgan fingerprint density at radius 2 is 1.81 bits per heavy atom. The molecule has 10 heteroatoms. The van der Waals surface area contributed by atoms with Gasteiger partial charge < -0.3 is 29.3 Å². The average molecular weight is 512 g/mol. The number of likely N-dealkylation sites (N-methyl/N-ethyl adjacent to an activating group) is 2. The molecule has 4 rings (SSSR count). The summed E-state index contributed by atoms with van der Waals surface area (Å²) < 4.78 is 32.1. The fraction of sp³-hybridized carbons (Fsp3) is 0.519. The van der Waals surface area contributed by atoms with Crippen LogP contribution in [0.4, 0.5) is 26.5 Å². The Kier molecular flexibility index (Phi) is 7.62. The van der Waals surface area contributed by atoms with Crippen LogP contribution < -0.4 is 19.7 Å². The number of amides is 1. The molecule has 1 aliphatic carbocycles. The number of carbonyl (C=O) groups is 1. The largest absolute Gasteiger partial charge is 0.486 e. The van der Waals surface area contributed by atoms with E-state index in [-0.39, 0.29) is 29.3 Å². The molecule has 1 saturated carbocycles. The van der Waals surface area contributed by atoms with Crippen molar-refractivity contribution in [3.8, 4) is 17.6 Å². The van der Waals surface area contributed by atoms with Gasteiger partial charge in [0.1, 0.15) is 24.9 Å². The summed E-state index contributed by atoms with van der Waals surface area (Å²) in [5, 5.41) is 12.8. The van der Waals surface area contributed by atoms with Gasteiger partial charge in [-0.1, -0.05) is 12.8 Å². The fourth-order valence-corrected chi connectivity index (χ4v) is 4.79. The first-order chi connectivity index (χ1) is 17.6. The van der Waals surface area contributed by atoms with Crippen LogP contribution >= 0.6 is 0 Å². The lowest BCUT2D eigenvalue weighted by molar-refractivity contribution is 0.0165. The van der Waals surface area contributed by atoms with Crippen LogP contribution in [0.2, 0.25) is 0 Å². The zero-order valence-corrected chi connectivity index (χ0v) is 22.0. The zero-order valence-electron chi connectivity index (χ0n) is 22.0. The van der Waals surface area contributed by atoms with Crippen LogP contribution in [-0.2, 0) is 4.74 Å². The van der Waals surface area contributed by atoms with Gasteiger partial charge in [0.2, 0.25) is 0 Å². The van der Waals surface area contributed by atoms with Gasteiger partial charge in [-0.05, 0) is 51.8 Å². The smallest absolute Gasteiger partial charge is 0.410 e. The molecule has 1 amide bonds. The number of pyridine rings is 1. The molecular formula is C27H34FN5O4. The molecule has 2 aliphatic rings. The van der Waals surface area contributed by atoms with Crippen molar-refractivity contribution in [2.24, 2.45) is 0 Å². The van der Waals surface area contributed by atoms with Crippen molar-refractivity contribution in [2.45, 2.75) is 64.1 Å². The Hall–Kier alpha value is -3.74. The maximum absolute atomic E-state index is 15.3. The second-order valence-electron chi connectivity index (χ2n) is 10.4. The van der Waals surface area contributed by atoms with Crippen molar-refractivity contribution in [3.05, 3.63) is 35.6 Å². The zero-order chi connectivity index (χ0) is 26.7. The minimum absolute atomic E-state index is 0.0793. The van der Waals surface area contributed by atoms with E-state index in [1.807, 2.05) is 26.8 Å². The summed E-state index contributed by atoms with van der Waals surface area (Å²) in [4.78, 5) is 20.7. The normalized spacial score (nSPS) is 18.9. The predicted molar refractivity (Wildman–Crippen MR) is 138 cm³/mol. The quantitative estimate of drug-likeness (QED) is 0.583. The lowest BCUT2D eigenvalue weighted by Crippen LogP contribution is -2.54. The maximum atomic E-state index is 15.3. The number of fused-ring (bicyclic) bond motifs is 1. The van der Waals surface area contributed by atoms with Gasteiger partial charge in [0.15, 0.2) is 29.0 Å². The van der Waals surface area contributed by atoms with E-state index in [1.54, 1.807) is 42.1 Å². The summed E-state index contributed by atoms with van der Waals surface area (Å²) in [6.45, 7) is 6.42. The molecule has 2 aromatic rings. The molecule has 0 bridgehead atoms. The van der Waals surface area contributed by atoms with Crippen molar-refractivity contribution in [1.82, 2.24) is 9.88 Å². The Morgan fingerprint density at radius 3 is 2.49 bits per heavy atom. The standard InChI is InChI=1S/C27H34FN5O4/c1-27(2,3)37-26(34)33(5)21-9-7-6-8-20(21)32(4)25-19(28)14-17(16-29)24(31-25)30-18-10-11-22-23(15-18)36-13-12-35-22/h10-11,14-15,20-21H,6-9,12-13H2,1-5H3,(H,30,31). The highest BCUT2D eigenvalue weighted by Crippen LogP contribution is 2.35. The molecule has 1 aliphatic heterocycles. The van der Waals surface area contributed by atoms with E-state index in [9.17, 15) is 10.1 Å². The SMILES string of the molecule is CN(C(=O)OC(C)(C)C)C1CCCCC1N(C)c1nc(Nc2ccc3c(c2)OCCO3)c(C#N)cc1F. The third-order valence-electron chi connectivity index (χ3n) is 6.59. The van der Waals surface area contributed by atoms with Crippen molar-refractivity contribution < 1.29 is 23.4 Å². The topological polar surface area (TPSA) is 100.0 Å². The highest BCUT2D eigenvalue weighted by molar-refractivity contribution is 5.69. The first-order valence-corrected chi connectivity index (χ1v) is 12.5. The van der Waals surface area contributed by atoms with E-state index in [0.29, 0.717) is 30.4 Å². The number of anilines is 3. The Labute approximate surface area is 217 Å². The fourth-order valence-electron chi connectivity index (χ4n) is 4.79. The van der Waals surface area contributed by atoms with E-state index in [4.69, 9.17) is 14.2 Å². The Balaban J connectivity index is 1.61. The number of nitrogens with one attached hydrogen (secondary N) is 1. The second kappa shape index (κ2) is 10.7. The van der Waals surface area contributed by atoms with E-state index in [0.717, 1.165) is 25.7 Å². The van der Waals surface area contributed by atoms with E-state index in [2.05, 4.69) is 10.3 Å². The average Bonchev–Trinajstić information content (AvgIpc) is 2.87. The first-order valence-electron chi connectivity index (χ1n) is 12.5. The number of hydrogen-bond acceptors (Lipinski definition) is 8. The highest BCUT2D eigenvalue weighted by atomic mass is 19.1. The van der Waals surface area contributed by atoms with Crippen LogP contribution in [0.1, 0.15) is 52.0 Å². The molecule has 0 spiro atoms. The summed E-state index contributed by atoms with van der Waals surface area (Å²) in [6.07, 6.45) is 3.04. The molecule has 1 aromatic carbocycles. The van der Waals surface area contributed by atoms with Crippen molar-refractivity contribution >= 4 is 23.4 Å². The maximum Gasteiger partial charge on any atom is 0.410 e. The van der Waals surface area contributed by atoms with E-state index < -0.39 is 17.5 Å². The van der Waals surface area contributed by atoms with Crippen molar-refractivity contribution in [1.29, 1.82) is 5.26 Å². The van der Waals surface area contributed by atoms with Crippen LogP contribution in [0.3, 0.4) is 0 Å². The van der Waals surface area contributed by atoms with Crippen LogP contribution in [0, 0.1) is 17.1 Å². The molecule has 9 nitrogen and oxygen atoms in total. The van der Waals surface area contributed by atoms with Gasteiger partial charge in [-0.3, -0.25) is 0 Å². The van der Waals surface area contributed by atoms with Crippen molar-refractivity contribution in [2.75, 3.05) is 37.5 Å². The predicted octanol–water partition coefficient (Wildman–Crippen LogP) is 5.22. The molecular weight excluding hydrogens is 477 g/mol. The van der Waals surface area contributed by atoms with Crippen molar-refractivity contribution in [3.63, 3.8) is 0 Å². The highest BCUT2D eigenvalue weighted by Gasteiger charge is 2.36. The number of rotatable bonds is 5. The number of nitrogens with zero attached hydrogens (tertiary/aromatic N) is 4. The molecule has 1 N–H and O–H groups in total. The van der Waals surface area contributed by atoms with Crippen LogP contribution in [-0.4, -0.2) is 61.0 Å². The van der Waals surface area contributed by atoms with Crippen LogP contribution in [0.15, 0.2) is 24.3 Å². The summed E-state index contributed by atoms with van der Waals surface area (Å²) in [5.41, 5.74) is 0.0978. The third-order valence-corrected chi connectivity index (χ3v) is 6.59. The number of carbonyl (C=O) groups excluding carboxylic acids is 1. The van der Waals surface area contributed by atoms with Gasteiger partial charge in [-0.25, -0.2) is 14.2 Å². The van der Waals surface area contributed by atoms with Gasteiger partial charge in [0.05, 0.1) is 17.6 Å². The molecule has 198 valence electrons. The summed E-state index contributed by atoms with van der Waals surface area (Å²) in [7, 11) is 3.50. The molecule has 2 unspecified atom stereocenters. The number of nitriles is 1.